The Bertz CT molecular complexity index is 900. The highest BCUT2D eigenvalue weighted by Crippen LogP contribution is 2.29. The van der Waals surface area contributed by atoms with Gasteiger partial charge in [-0.05, 0) is 42.3 Å². The maximum absolute atomic E-state index is 14.2. The summed E-state index contributed by atoms with van der Waals surface area (Å²) in [7, 11) is 3.10. The molecule has 6 nitrogen and oxygen atoms in total. The zero-order valence-electron chi connectivity index (χ0n) is 16.1. The molecule has 0 saturated carbocycles. The van der Waals surface area contributed by atoms with Crippen LogP contribution in [-0.4, -0.2) is 32.6 Å². The highest BCUT2D eigenvalue weighted by molar-refractivity contribution is 6.00. The molecule has 1 atom stereocenters. The van der Waals surface area contributed by atoms with Crippen LogP contribution in [0.1, 0.15) is 17.5 Å². The number of halogens is 1. The van der Waals surface area contributed by atoms with Gasteiger partial charge in [0, 0.05) is 19.5 Å². The first-order valence-corrected chi connectivity index (χ1v) is 8.98. The zero-order chi connectivity index (χ0) is 20.3. The van der Waals surface area contributed by atoms with Gasteiger partial charge in [0.05, 0.1) is 25.8 Å². The van der Waals surface area contributed by atoms with Gasteiger partial charge in [-0.15, -0.1) is 0 Å². The first kappa shape index (κ1) is 19.7. The van der Waals surface area contributed by atoms with Crippen molar-refractivity contribution in [3.05, 3.63) is 53.3 Å². The molecule has 1 aliphatic rings. The van der Waals surface area contributed by atoms with Gasteiger partial charge in [0.1, 0.15) is 5.82 Å². The van der Waals surface area contributed by atoms with Crippen LogP contribution < -0.4 is 19.7 Å². The Labute approximate surface area is 163 Å². The highest BCUT2D eigenvalue weighted by atomic mass is 19.1. The van der Waals surface area contributed by atoms with Crippen molar-refractivity contribution in [1.29, 1.82) is 0 Å². The predicted molar refractivity (Wildman–Crippen MR) is 103 cm³/mol. The van der Waals surface area contributed by atoms with Gasteiger partial charge >= 0.3 is 0 Å². The van der Waals surface area contributed by atoms with E-state index < -0.39 is 11.7 Å². The molecule has 1 aliphatic heterocycles. The molecule has 2 aromatic rings. The summed E-state index contributed by atoms with van der Waals surface area (Å²) in [5, 5.41) is 2.84. The number of aryl methyl sites for hydroxylation is 1. The lowest BCUT2D eigenvalue weighted by Crippen LogP contribution is -2.32. The number of hydrogen-bond acceptors (Lipinski definition) is 4. The van der Waals surface area contributed by atoms with Crippen molar-refractivity contribution in [1.82, 2.24) is 5.32 Å². The molecule has 3 rings (SSSR count). The van der Waals surface area contributed by atoms with E-state index in [1.54, 1.807) is 45.4 Å². The van der Waals surface area contributed by atoms with Gasteiger partial charge in [-0.1, -0.05) is 12.1 Å². The molecule has 1 N–H and O–H groups in total. The quantitative estimate of drug-likeness (QED) is 0.829. The van der Waals surface area contributed by atoms with Crippen LogP contribution in [0.2, 0.25) is 0 Å². The zero-order valence-corrected chi connectivity index (χ0v) is 16.1. The standard InChI is InChI=1S/C21H23FN2O4/c1-13-4-6-17(16(22)8-13)24-12-15(10-20(24)25)21(26)23-11-14-5-7-18(27-2)19(9-14)28-3/h4-9,15H,10-12H2,1-3H3,(H,23,26). The number of hydrogen-bond donors (Lipinski definition) is 1. The molecule has 0 spiro atoms. The molecule has 148 valence electrons. The van der Waals surface area contributed by atoms with Crippen LogP contribution in [0.5, 0.6) is 11.5 Å². The van der Waals surface area contributed by atoms with Crippen molar-refractivity contribution in [3.8, 4) is 11.5 Å². The molecule has 1 unspecified atom stereocenters. The SMILES string of the molecule is COc1ccc(CNC(=O)C2CC(=O)N(c3ccc(C)cc3F)C2)cc1OC. The Morgan fingerprint density at radius 2 is 1.93 bits per heavy atom. The minimum atomic E-state index is -0.520. The summed E-state index contributed by atoms with van der Waals surface area (Å²) in [6.07, 6.45) is 0.0606. The number of benzene rings is 2. The smallest absolute Gasteiger partial charge is 0.227 e. The second-order valence-electron chi connectivity index (χ2n) is 6.77. The highest BCUT2D eigenvalue weighted by Gasteiger charge is 2.36. The summed E-state index contributed by atoms with van der Waals surface area (Å²) in [5.41, 5.74) is 1.83. The van der Waals surface area contributed by atoms with Crippen LogP contribution in [0.3, 0.4) is 0 Å². The molecule has 2 amide bonds. The van der Waals surface area contributed by atoms with Gasteiger partial charge in [-0.2, -0.15) is 0 Å². The van der Waals surface area contributed by atoms with Crippen molar-refractivity contribution < 1.29 is 23.5 Å². The van der Waals surface area contributed by atoms with E-state index in [-0.39, 0.29) is 30.5 Å². The average molecular weight is 386 g/mol. The Hall–Kier alpha value is -3.09. The number of carbonyl (C=O) groups is 2. The lowest BCUT2D eigenvalue weighted by Gasteiger charge is -2.18. The molecule has 0 aromatic heterocycles. The van der Waals surface area contributed by atoms with Crippen LogP contribution in [0.4, 0.5) is 10.1 Å². The van der Waals surface area contributed by atoms with E-state index in [0.717, 1.165) is 11.1 Å². The third-order valence-corrected chi connectivity index (χ3v) is 4.80. The number of rotatable bonds is 6. The van der Waals surface area contributed by atoms with E-state index in [1.165, 1.54) is 11.0 Å². The summed E-state index contributed by atoms with van der Waals surface area (Å²) in [6, 6.07) is 10.1. The average Bonchev–Trinajstić information content (AvgIpc) is 3.07. The molecule has 0 radical (unpaired) electrons. The lowest BCUT2D eigenvalue weighted by atomic mass is 10.1. The molecule has 1 heterocycles. The van der Waals surface area contributed by atoms with Crippen LogP contribution in [0, 0.1) is 18.7 Å². The predicted octanol–water partition coefficient (Wildman–Crippen LogP) is 2.82. The molecule has 2 aromatic carbocycles. The molecule has 7 heteroatoms. The van der Waals surface area contributed by atoms with Gasteiger partial charge in [0.25, 0.3) is 0 Å². The second kappa shape index (κ2) is 8.29. The third kappa shape index (κ3) is 4.08. The van der Waals surface area contributed by atoms with E-state index in [1.807, 2.05) is 6.07 Å². The molecule has 0 bridgehead atoms. The van der Waals surface area contributed by atoms with Crippen molar-refractivity contribution in [2.75, 3.05) is 25.7 Å². The number of ether oxygens (including phenoxy) is 2. The van der Waals surface area contributed by atoms with Gasteiger partial charge in [0.2, 0.25) is 11.8 Å². The topological polar surface area (TPSA) is 67.9 Å². The third-order valence-electron chi connectivity index (χ3n) is 4.80. The Balaban J connectivity index is 1.63. The summed E-state index contributed by atoms with van der Waals surface area (Å²) in [4.78, 5) is 26.2. The van der Waals surface area contributed by atoms with Gasteiger partial charge < -0.3 is 19.7 Å². The van der Waals surface area contributed by atoms with E-state index in [0.29, 0.717) is 18.0 Å². The van der Waals surface area contributed by atoms with E-state index in [4.69, 9.17) is 9.47 Å². The maximum atomic E-state index is 14.2. The van der Waals surface area contributed by atoms with E-state index >= 15 is 0 Å². The largest absolute Gasteiger partial charge is 0.493 e. The van der Waals surface area contributed by atoms with Crippen LogP contribution in [0.15, 0.2) is 36.4 Å². The minimum Gasteiger partial charge on any atom is -0.493 e. The van der Waals surface area contributed by atoms with Crippen LogP contribution >= 0.6 is 0 Å². The molecule has 28 heavy (non-hydrogen) atoms. The number of carbonyl (C=O) groups excluding carboxylic acids is 2. The van der Waals surface area contributed by atoms with Gasteiger partial charge in [0.15, 0.2) is 11.5 Å². The number of nitrogens with one attached hydrogen (secondary N) is 1. The molecule has 1 fully saturated rings. The first-order valence-electron chi connectivity index (χ1n) is 8.98. The van der Waals surface area contributed by atoms with Gasteiger partial charge in [-0.3, -0.25) is 9.59 Å². The molecular weight excluding hydrogens is 363 g/mol. The summed E-state index contributed by atoms with van der Waals surface area (Å²) >= 11 is 0. The fourth-order valence-electron chi connectivity index (χ4n) is 3.27. The summed E-state index contributed by atoms with van der Waals surface area (Å²) in [5.74, 6) is -0.290. The van der Waals surface area contributed by atoms with Crippen molar-refractivity contribution in [2.24, 2.45) is 5.92 Å². The molecule has 0 aliphatic carbocycles. The monoisotopic (exact) mass is 386 g/mol. The van der Waals surface area contributed by atoms with Crippen molar-refractivity contribution in [2.45, 2.75) is 19.9 Å². The van der Waals surface area contributed by atoms with Gasteiger partial charge in [-0.25, -0.2) is 4.39 Å². The van der Waals surface area contributed by atoms with E-state index in [2.05, 4.69) is 5.32 Å². The Morgan fingerprint density at radius 1 is 1.18 bits per heavy atom. The Morgan fingerprint density at radius 3 is 2.61 bits per heavy atom. The van der Waals surface area contributed by atoms with Crippen molar-refractivity contribution in [3.63, 3.8) is 0 Å². The summed E-state index contributed by atoms with van der Waals surface area (Å²) < 4.78 is 24.6. The molecular formula is C21H23FN2O4. The fourth-order valence-corrected chi connectivity index (χ4v) is 3.27. The lowest BCUT2D eigenvalue weighted by molar-refractivity contribution is -0.126. The Kier molecular flexibility index (Phi) is 5.82. The molecule has 1 saturated heterocycles. The number of methoxy groups -OCH3 is 2. The van der Waals surface area contributed by atoms with Crippen LogP contribution in [0.25, 0.3) is 0 Å². The number of anilines is 1. The van der Waals surface area contributed by atoms with Crippen LogP contribution in [-0.2, 0) is 16.1 Å². The van der Waals surface area contributed by atoms with E-state index in [9.17, 15) is 14.0 Å². The number of amides is 2. The first-order chi connectivity index (χ1) is 13.4. The minimum absolute atomic E-state index is 0.0606. The second-order valence-corrected chi connectivity index (χ2v) is 6.77. The number of nitrogens with zero attached hydrogens (tertiary/aromatic N) is 1. The normalized spacial score (nSPS) is 16.2. The fraction of sp³-hybridized carbons (Fsp3) is 0.333. The summed E-state index contributed by atoms with van der Waals surface area (Å²) in [6.45, 7) is 2.24. The van der Waals surface area contributed by atoms with Crippen molar-refractivity contribution >= 4 is 17.5 Å². The maximum Gasteiger partial charge on any atom is 0.227 e.